The van der Waals surface area contributed by atoms with E-state index in [0.717, 1.165) is 25.7 Å². The SMILES string of the molecule is O=C1c2ccccc2C(=O)N1CCCCCC=Cc1ccc(-c2ccccc2)cc1. The molecule has 150 valence electrons. The van der Waals surface area contributed by atoms with Gasteiger partial charge in [0.1, 0.15) is 0 Å². The zero-order valence-electron chi connectivity index (χ0n) is 17.0. The average Bonchev–Trinajstić information content (AvgIpc) is 3.04. The van der Waals surface area contributed by atoms with E-state index in [9.17, 15) is 9.59 Å². The molecular formula is C27H25NO2. The molecule has 1 aliphatic heterocycles. The number of imide groups is 1. The molecule has 0 spiro atoms. The van der Waals surface area contributed by atoms with E-state index in [1.54, 1.807) is 24.3 Å². The normalized spacial score (nSPS) is 13.3. The molecular weight excluding hydrogens is 370 g/mol. The summed E-state index contributed by atoms with van der Waals surface area (Å²) in [6, 6.07) is 26.0. The van der Waals surface area contributed by atoms with E-state index in [0.29, 0.717) is 17.7 Å². The summed E-state index contributed by atoms with van der Waals surface area (Å²) in [5, 5.41) is 0. The molecule has 1 aliphatic rings. The third-order valence-electron chi connectivity index (χ3n) is 5.46. The third kappa shape index (κ3) is 4.41. The van der Waals surface area contributed by atoms with Gasteiger partial charge in [-0.05, 0) is 48.1 Å². The third-order valence-corrected chi connectivity index (χ3v) is 5.46. The Hall–Kier alpha value is -3.46. The van der Waals surface area contributed by atoms with Crippen LogP contribution in [-0.2, 0) is 0 Å². The van der Waals surface area contributed by atoms with Gasteiger partial charge in [-0.3, -0.25) is 14.5 Å². The first-order chi connectivity index (χ1) is 14.7. The Kier molecular flexibility index (Phi) is 6.19. The lowest BCUT2D eigenvalue weighted by molar-refractivity contribution is 0.0651. The van der Waals surface area contributed by atoms with Crippen LogP contribution in [0.5, 0.6) is 0 Å². The van der Waals surface area contributed by atoms with Gasteiger partial charge in [0, 0.05) is 6.54 Å². The summed E-state index contributed by atoms with van der Waals surface area (Å²) in [5.41, 5.74) is 4.71. The minimum Gasteiger partial charge on any atom is -0.274 e. The molecule has 1 heterocycles. The minimum absolute atomic E-state index is 0.158. The molecule has 2 amide bonds. The standard InChI is InChI=1S/C27H25NO2/c29-26-24-14-8-9-15-25(24)27(30)28(26)20-10-3-1-2-5-11-21-16-18-23(19-17-21)22-12-6-4-7-13-22/h4-9,11-19H,1-3,10,20H2. The highest BCUT2D eigenvalue weighted by atomic mass is 16.2. The summed E-state index contributed by atoms with van der Waals surface area (Å²) in [6.45, 7) is 0.497. The zero-order chi connectivity index (χ0) is 20.8. The van der Waals surface area contributed by atoms with Crippen molar-refractivity contribution in [2.75, 3.05) is 6.54 Å². The molecule has 0 atom stereocenters. The van der Waals surface area contributed by atoms with Gasteiger partial charge >= 0.3 is 0 Å². The average molecular weight is 396 g/mol. The van der Waals surface area contributed by atoms with Gasteiger partial charge in [-0.1, -0.05) is 85.3 Å². The van der Waals surface area contributed by atoms with Gasteiger partial charge < -0.3 is 0 Å². The number of amides is 2. The second-order valence-electron chi connectivity index (χ2n) is 7.55. The quantitative estimate of drug-likeness (QED) is 0.335. The van der Waals surface area contributed by atoms with Crippen LogP contribution < -0.4 is 0 Å². The van der Waals surface area contributed by atoms with E-state index in [-0.39, 0.29) is 11.8 Å². The van der Waals surface area contributed by atoms with Crippen molar-refractivity contribution in [2.45, 2.75) is 25.7 Å². The largest absolute Gasteiger partial charge is 0.274 e. The first kappa shape index (κ1) is 19.8. The van der Waals surface area contributed by atoms with Gasteiger partial charge in [0.2, 0.25) is 0 Å². The molecule has 0 aromatic heterocycles. The molecule has 0 saturated carbocycles. The zero-order valence-corrected chi connectivity index (χ0v) is 17.0. The fourth-order valence-electron chi connectivity index (χ4n) is 3.79. The molecule has 0 unspecified atom stereocenters. The number of nitrogens with zero attached hydrogens (tertiary/aromatic N) is 1. The Morgan fingerprint density at radius 2 is 1.23 bits per heavy atom. The summed E-state index contributed by atoms with van der Waals surface area (Å²) in [6.07, 6.45) is 8.21. The smallest absolute Gasteiger partial charge is 0.261 e. The number of hydrogen-bond acceptors (Lipinski definition) is 2. The molecule has 4 rings (SSSR count). The van der Waals surface area contributed by atoms with Gasteiger partial charge in [0.05, 0.1) is 11.1 Å². The van der Waals surface area contributed by atoms with Gasteiger partial charge in [-0.25, -0.2) is 0 Å². The Bertz CT molecular complexity index is 1020. The first-order valence-corrected chi connectivity index (χ1v) is 10.5. The Balaban J connectivity index is 1.19. The van der Waals surface area contributed by atoms with Crippen molar-refractivity contribution < 1.29 is 9.59 Å². The van der Waals surface area contributed by atoms with Crippen molar-refractivity contribution in [2.24, 2.45) is 0 Å². The fraction of sp³-hybridized carbons (Fsp3) is 0.185. The maximum Gasteiger partial charge on any atom is 0.261 e. The molecule has 3 aromatic carbocycles. The van der Waals surface area contributed by atoms with Crippen LogP contribution in [0.3, 0.4) is 0 Å². The lowest BCUT2D eigenvalue weighted by Gasteiger charge is -2.13. The number of hydrogen-bond donors (Lipinski definition) is 0. The van der Waals surface area contributed by atoms with Gasteiger partial charge in [-0.2, -0.15) is 0 Å². The molecule has 0 saturated heterocycles. The van der Waals surface area contributed by atoms with Crippen LogP contribution in [0, 0.1) is 0 Å². The monoisotopic (exact) mass is 395 g/mol. The predicted molar refractivity (Wildman–Crippen MR) is 121 cm³/mol. The molecule has 3 nitrogen and oxygen atoms in total. The molecule has 0 radical (unpaired) electrons. The Labute approximate surface area is 177 Å². The van der Waals surface area contributed by atoms with Crippen LogP contribution in [-0.4, -0.2) is 23.3 Å². The Morgan fingerprint density at radius 3 is 1.90 bits per heavy atom. The highest BCUT2D eigenvalue weighted by Crippen LogP contribution is 2.23. The predicted octanol–water partition coefficient (Wildman–Crippen LogP) is 6.22. The highest BCUT2D eigenvalue weighted by molar-refractivity contribution is 6.21. The fourth-order valence-corrected chi connectivity index (χ4v) is 3.79. The van der Waals surface area contributed by atoms with E-state index in [1.165, 1.54) is 21.6 Å². The van der Waals surface area contributed by atoms with E-state index >= 15 is 0 Å². The lowest BCUT2D eigenvalue weighted by Crippen LogP contribution is -2.30. The van der Waals surface area contributed by atoms with Crippen molar-refractivity contribution in [1.82, 2.24) is 4.90 Å². The second kappa shape index (κ2) is 9.36. The summed E-state index contributed by atoms with van der Waals surface area (Å²) in [7, 11) is 0. The topological polar surface area (TPSA) is 37.4 Å². The van der Waals surface area contributed by atoms with E-state index in [1.807, 2.05) is 6.07 Å². The molecule has 3 heteroatoms. The summed E-state index contributed by atoms with van der Waals surface area (Å²) in [4.78, 5) is 26.1. The number of carbonyl (C=O) groups is 2. The molecule has 0 fully saturated rings. The number of carbonyl (C=O) groups excluding carboxylic acids is 2. The number of allylic oxidation sites excluding steroid dienone is 1. The highest BCUT2D eigenvalue weighted by Gasteiger charge is 2.34. The maximum absolute atomic E-state index is 12.3. The number of benzene rings is 3. The summed E-state index contributed by atoms with van der Waals surface area (Å²) in [5.74, 6) is -0.316. The summed E-state index contributed by atoms with van der Waals surface area (Å²) < 4.78 is 0. The first-order valence-electron chi connectivity index (χ1n) is 10.5. The van der Waals surface area contributed by atoms with Gasteiger partial charge in [0.25, 0.3) is 11.8 Å². The van der Waals surface area contributed by atoms with Crippen LogP contribution in [0.15, 0.2) is 84.9 Å². The van der Waals surface area contributed by atoms with Crippen molar-refractivity contribution >= 4 is 17.9 Å². The maximum atomic E-state index is 12.3. The van der Waals surface area contributed by atoms with Crippen molar-refractivity contribution in [3.8, 4) is 11.1 Å². The van der Waals surface area contributed by atoms with E-state index in [2.05, 4.69) is 60.7 Å². The van der Waals surface area contributed by atoms with Crippen LogP contribution >= 0.6 is 0 Å². The van der Waals surface area contributed by atoms with Crippen LogP contribution in [0.4, 0.5) is 0 Å². The van der Waals surface area contributed by atoms with Crippen molar-refractivity contribution in [3.63, 3.8) is 0 Å². The second-order valence-corrected chi connectivity index (χ2v) is 7.55. The number of unbranched alkanes of at least 4 members (excludes halogenated alkanes) is 3. The molecule has 0 aliphatic carbocycles. The van der Waals surface area contributed by atoms with Gasteiger partial charge in [-0.15, -0.1) is 0 Å². The van der Waals surface area contributed by atoms with Crippen molar-refractivity contribution in [1.29, 1.82) is 0 Å². The number of rotatable bonds is 8. The lowest BCUT2D eigenvalue weighted by atomic mass is 10.0. The molecule has 30 heavy (non-hydrogen) atoms. The van der Waals surface area contributed by atoms with Crippen molar-refractivity contribution in [3.05, 3.63) is 102 Å². The molecule has 3 aromatic rings. The molecule has 0 N–H and O–H groups in total. The Morgan fingerprint density at radius 1 is 0.633 bits per heavy atom. The van der Waals surface area contributed by atoms with Crippen LogP contribution in [0.1, 0.15) is 52.0 Å². The van der Waals surface area contributed by atoms with E-state index < -0.39 is 0 Å². The molecule has 0 bridgehead atoms. The van der Waals surface area contributed by atoms with Crippen LogP contribution in [0.25, 0.3) is 17.2 Å². The van der Waals surface area contributed by atoms with Gasteiger partial charge in [0.15, 0.2) is 0 Å². The summed E-state index contributed by atoms with van der Waals surface area (Å²) >= 11 is 0. The minimum atomic E-state index is -0.158. The van der Waals surface area contributed by atoms with E-state index in [4.69, 9.17) is 0 Å². The number of fused-ring (bicyclic) bond motifs is 1. The van der Waals surface area contributed by atoms with Crippen LogP contribution in [0.2, 0.25) is 0 Å².